The molecular formula is C5H10ClFN2O. The Labute approximate surface area is 64.8 Å². The first kappa shape index (κ1) is 9.65. The van der Waals surface area contributed by atoms with E-state index in [0.29, 0.717) is 13.1 Å². The zero-order chi connectivity index (χ0) is 6.85. The molecule has 0 spiro atoms. The molecule has 1 fully saturated rings. The summed E-state index contributed by atoms with van der Waals surface area (Å²) in [6.07, 6.45) is -0.640. The number of carbonyl (C=O) groups excluding carboxylic acids is 1. The third-order valence-electron chi connectivity index (χ3n) is 1.47. The summed E-state index contributed by atoms with van der Waals surface area (Å²) in [6, 6.07) is -0.0234. The first-order chi connectivity index (χ1) is 4.20. The Morgan fingerprint density at radius 3 is 2.50 bits per heavy atom. The zero-order valence-electron chi connectivity index (χ0n) is 5.42. The number of rotatable bonds is 0. The van der Waals surface area contributed by atoms with Crippen LogP contribution in [0.4, 0.5) is 9.18 Å². The zero-order valence-corrected chi connectivity index (χ0v) is 6.23. The fraction of sp³-hybridized carbons (Fsp3) is 0.800. The summed E-state index contributed by atoms with van der Waals surface area (Å²) in [5.74, 6) is 0. The summed E-state index contributed by atoms with van der Waals surface area (Å²) in [4.78, 5) is 11.1. The van der Waals surface area contributed by atoms with E-state index in [1.807, 2.05) is 0 Å². The van der Waals surface area contributed by atoms with Gasteiger partial charge in [-0.2, -0.15) is 0 Å². The molecule has 0 aromatic heterocycles. The van der Waals surface area contributed by atoms with Crippen LogP contribution in [-0.2, 0) is 0 Å². The first-order valence-electron chi connectivity index (χ1n) is 2.90. The van der Waals surface area contributed by atoms with Crippen LogP contribution >= 0.6 is 12.4 Å². The van der Waals surface area contributed by atoms with Crippen molar-refractivity contribution in [2.24, 2.45) is 5.73 Å². The summed E-state index contributed by atoms with van der Waals surface area (Å²) in [6.45, 7) is 0.839. The lowest BCUT2D eigenvalue weighted by atomic mass is 10.3. The lowest BCUT2D eigenvalue weighted by Crippen LogP contribution is -2.28. The number of halogens is 2. The molecule has 0 aromatic rings. The van der Waals surface area contributed by atoms with Crippen molar-refractivity contribution in [2.45, 2.75) is 12.5 Å². The van der Waals surface area contributed by atoms with Gasteiger partial charge in [0.15, 0.2) is 0 Å². The van der Waals surface area contributed by atoms with Crippen LogP contribution in [0.25, 0.3) is 0 Å². The van der Waals surface area contributed by atoms with E-state index in [1.54, 1.807) is 0 Å². The molecule has 1 heterocycles. The molecule has 0 aromatic carbocycles. The molecule has 0 saturated carbocycles. The summed E-state index contributed by atoms with van der Waals surface area (Å²) in [7, 11) is 0. The van der Waals surface area contributed by atoms with Crippen LogP contribution in [0.3, 0.4) is 0 Å². The fourth-order valence-electron chi connectivity index (χ4n) is 0.947. The number of likely N-dealkylation sites (tertiary alicyclic amines) is 1. The van der Waals surface area contributed by atoms with E-state index in [1.165, 1.54) is 0 Å². The van der Waals surface area contributed by atoms with Crippen LogP contribution in [0.1, 0.15) is 6.42 Å². The van der Waals surface area contributed by atoms with E-state index in [2.05, 4.69) is 0 Å². The maximum atomic E-state index is 11.8. The van der Waals surface area contributed by atoms with Crippen molar-refractivity contribution in [3.8, 4) is 0 Å². The predicted molar refractivity (Wildman–Crippen MR) is 37.9 cm³/mol. The molecule has 10 heavy (non-hydrogen) atoms. The Morgan fingerprint density at radius 1 is 1.70 bits per heavy atom. The standard InChI is InChI=1S/C5H9FN2O.ClH/c6-5(9)8-2-1-4(7)3-8;/h4H,1-3,7H2;1H. The second-order valence-electron chi connectivity index (χ2n) is 2.25. The van der Waals surface area contributed by atoms with E-state index in [-0.39, 0.29) is 18.4 Å². The normalized spacial score (nSPS) is 24.2. The molecule has 0 aliphatic carbocycles. The van der Waals surface area contributed by atoms with E-state index >= 15 is 0 Å². The van der Waals surface area contributed by atoms with Gasteiger partial charge in [-0.1, -0.05) is 0 Å². The monoisotopic (exact) mass is 168 g/mol. The van der Waals surface area contributed by atoms with Gasteiger partial charge in [0, 0.05) is 19.1 Å². The third kappa shape index (κ3) is 2.11. The largest absolute Gasteiger partial charge is 0.400 e. The quantitative estimate of drug-likeness (QED) is 0.424. The minimum Gasteiger partial charge on any atom is -0.326 e. The second kappa shape index (κ2) is 3.73. The lowest BCUT2D eigenvalue weighted by Gasteiger charge is -2.07. The Morgan fingerprint density at radius 2 is 2.30 bits per heavy atom. The highest BCUT2D eigenvalue weighted by Gasteiger charge is 2.22. The minimum atomic E-state index is -1.36. The van der Waals surface area contributed by atoms with Crippen LogP contribution < -0.4 is 5.73 Å². The van der Waals surface area contributed by atoms with Crippen LogP contribution in [0, 0.1) is 0 Å². The Kier molecular flexibility index (Phi) is 3.60. The summed E-state index contributed by atoms with van der Waals surface area (Å²) >= 11 is 0. The summed E-state index contributed by atoms with van der Waals surface area (Å²) in [5, 5.41) is 0. The van der Waals surface area contributed by atoms with Gasteiger partial charge in [0.2, 0.25) is 0 Å². The SMILES string of the molecule is Cl.NC1CCN(C(=O)F)C1. The maximum Gasteiger partial charge on any atom is 0.400 e. The van der Waals surface area contributed by atoms with E-state index < -0.39 is 6.16 Å². The molecule has 1 rings (SSSR count). The Bertz CT molecular complexity index is 133. The van der Waals surface area contributed by atoms with Gasteiger partial charge in [0.1, 0.15) is 0 Å². The number of amides is 1. The number of carbonyl (C=O) groups is 1. The molecule has 5 heteroatoms. The highest BCUT2D eigenvalue weighted by molar-refractivity contribution is 5.85. The minimum absolute atomic E-state index is 0. The van der Waals surface area contributed by atoms with Crippen LogP contribution in [0.5, 0.6) is 0 Å². The van der Waals surface area contributed by atoms with Crippen LogP contribution in [0.2, 0.25) is 0 Å². The predicted octanol–water partition coefficient (Wildman–Crippen LogP) is 0.531. The van der Waals surface area contributed by atoms with E-state index in [0.717, 1.165) is 11.3 Å². The highest BCUT2D eigenvalue weighted by Crippen LogP contribution is 2.07. The van der Waals surface area contributed by atoms with E-state index in [9.17, 15) is 9.18 Å². The topological polar surface area (TPSA) is 46.3 Å². The molecule has 3 nitrogen and oxygen atoms in total. The van der Waals surface area contributed by atoms with Gasteiger partial charge in [0.05, 0.1) is 0 Å². The maximum absolute atomic E-state index is 11.8. The smallest absolute Gasteiger partial charge is 0.326 e. The van der Waals surface area contributed by atoms with Crippen molar-refractivity contribution in [1.29, 1.82) is 0 Å². The van der Waals surface area contributed by atoms with Gasteiger partial charge in [-0.25, -0.2) is 4.79 Å². The molecule has 1 amide bonds. The highest BCUT2D eigenvalue weighted by atomic mass is 35.5. The van der Waals surface area contributed by atoms with Crippen LogP contribution in [-0.4, -0.2) is 30.2 Å². The second-order valence-corrected chi connectivity index (χ2v) is 2.25. The van der Waals surface area contributed by atoms with Gasteiger partial charge in [0.25, 0.3) is 0 Å². The molecular weight excluding hydrogens is 159 g/mol. The number of hydrogen-bond acceptors (Lipinski definition) is 2. The number of nitrogens with zero attached hydrogens (tertiary/aromatic N) is 1. The molecule has 0 radical (unpaired) electrons. The molecule has 1 saturated heterocycles. The van der Waals surface area contributed by atoms with Gasteiger partial charge in [-0.3, -0.25) is 0 Å². The molecule has 0 bridgehead atoms. The lowest BCUT2D eigenvalue weighted by molar-refractivity contribution is 0.185. The van der Waals surface area contributed by atoms with E-state index in [4.69, 9.17) is 5.73 Å². The van der Waals surface area contributed by atoms with Gasteiger partial charge >= 0.3 is 6.16 Å². The van der Waals surface area contributed by atoms with Gasteiger partial charge in [-0.15, -0.1) is 16.8 Å². The van der Waals surface area contributed by atoms with Crippen molar-refractivity contribution < 1.29 is 9.18 Å². The van der Waals surface area contributed by atoms with Crippen LogP contribution in [0.15, 0.2) is 0 Å². The average Bonchev–Trinajstić information content (AvgIpc) is 2.14. The molecule has 2 N–H and O–H groups in total. The molecule has 1 aliphatic rings. The molecule has 1 unspecified atom stereocenters. The van der Waals surface area contributed by atoms with Crippen molar-refractivity contribution in [3.63, 3.8) is 0 Å². The van der Waals surface area contributed by atoms with Crippen molar-refractivity contribution in [3.05, 3.63) is 0 Å². The number of nitrogens with two attached hydrogens (primary N) is 1. The Balaban J connectivity index is 0.000000810. The van der Waals surface area contributed by atoms with Gasteiger partial charge in [-0.05, 0) is 6.42 Å². The first-order valence-corrected chi connectivity index (χ1v) is 2.90. The van der Waals surface area contributed by atoms with Crippen molar-refractivity contribution >= 4 is 18.6 Å². The fourth-order valence-corrected chi connectivity index (χ4v) is 0.947. The third-order valence-corrected chi connectivity index (χ3v) is 1.47. The molecule has 1 aliphatic heterocycles. The molecule has 1 atom stereocenters. The average molecular weight is 169 g/mol. The number of hydrogen-bond donors (Lipinski definition) is 1. The van der Waals surface area contributed by atoms with Gasteiger partial charge < -0.3 is 10.6 Å². The molecule has 60 valence electrons. The van der Waals surface area contributed by atoms with Crippen molar-refractivity contribution in [1.82, 2.24) is 4.90 Å². The van der Waals surface area contributed by atoms with Crippen molar-refractivity contribution in [2.75, 3.05) is 13.1 Å². The Hall–Kier alpha value is -0.350. The summed E-state index contributed by atoms with van der Waals surface area (Å²) < 4.78 is 11.8. The summed E-state index contributed by atoms with van der Waals surface area (Å²) in [5.41, 5.74) is 5.40.